The van der Waals surface area contributed by atoms with E-state index in [0.717, 1.165) is 91.2 Å². The van der Waals surface area contributed by atoms with Gasteiger partial charge in [-0.3, -0.25) is 0 Å². The molecule has 0 atom stereocenters. The van der Waals surface area contributed by atoms with E-state index in [1.807, 2.05) is 78.9 Å². The van der Waals surface area contributed by atoms with E-state index in [0.29, 0.717) is 23.3 Å². The third-order valence-corrected chi connectivity index (χ3v) is 12.9. The molecule has 5 heterocycles. The lowest BCUT2D eigenvalue weighted by Gasteiger charge is -2.10. The van der Waals surface area contributed by atoms with E-state index in [1.54, 1.807) is 22.7 Å². The third-order valence-electron chi connectivity index (χ3n) is 10.6. The molecule has 12 rings (SSSR count). The van der Waals surface area contributed by atoms with Crippen molar-refractivity contribution in [2.45, 2.75) is 0 Å². The number of thiophene rings is 2. The molecule has 0 fully saturated rings. The Morgan fingerprint density at radius 3 is 1.81 bits per heavy atom. The molecule has 0 unspecified atom stereocenters. The second-order valence-electron chi connectivity index (χ2n) is 14.0. The second kappa shape index (κ2) is 12.7. The number of fused-ring (bicyclic) bond motifs is 9. The number of rotatable bonds is 5. The number of nitrogens with zero attached hydrogens (tertiary/aromatic N) is 5. The predicted molar refractivity (Wildman–Crippen MR) is 236 cm³/mol. The number of hydrogen-bond donors (Lipinski definition) is 0. The Bertz CT molecular complexity index is 3480. The van der Waals surface area contributed by atoms with Gasteiger partial charge in [0.25, 0.3) is 0 Å². The molecule has 0 radical (unpaired) electrons. The smallest absolute Gasteiger partial charge is 0.164 e. The summed E-state index contributed by atoms with van der Waals surface area (Å²) in [6, 6.07) is 56.2. The molecule has 0 amide bonds. The SMILES string of the molecule is c1ccc(-c2nc(-c3ccccc3)nc(-c3cccc4sc5cc(-c6nc(-c7ccc8c(c7)oc7ccccc78)c7sc8ccccc8c7n6)ccc5c34)n2)cc1. The molecule has 0 aliphatic carbocycles. The molecule has 0 saturated heterocycles. The Balaban J connectivity index is 1.03. The summed E-state index contributed by atoms with van der Waals surface area (Å²) in [6.07, 6.45) is 0. The Morgan fingerprint density at radius 1 is 0.368 bits per heavy atom. The van der Waals surface area contributed by atoms with Crippen molar-refractivity contribution in [1.82, 2.24) is 24.9 Å². The molecular weight excluding hydrogens is 739 g/mol. The maximum atomic E-state index is 6.33. The standard InChI is InChI=1S/C49H27N5OS2/c1-3-12-28(13-4-1)46-52-47(29-14-5-2-6-15-29)54-49(53-46)36-18-11-21-40-42(36)34-25-23-31(27-41(34)56-40)48-50-43(45-44(51-48)35-17-8-10-20-39(35)57-45)30-22-24-33-32-16-7-9-19-37(32)55-38(33)26-30/h1-27H. The molecule has 266 valence electrons. The minimum absolute atomic E-state index is 0.640. The lowest BCUT2D eigenvalue weighted by Crippen LogP contribution is -2.00. The van der Waals surface area contributed by atoms with Crippen LogP contribution in [0.5, 0.6) is 0 Å². The van der Waals surface area contributed by atoms with Crippen LogP contribution in [-0.4, -0.2) is 24.9 Å². The van der Waals surface area contributed by atoms with Gasteiger partial charge in [0.05, 0.1) is 15.9 Å². The first-order chi connectivity index (χ1) is 28.2. The fourth-order valence-corrected chi connectivity index (χ4v) is 10.2. The molecule has 0 saturated carbocycles. The zero-order valence-electron chi connectivity index (χ0n) is 30.0. The minimum atomic E-state index is 0.640. The van der Waals surface area contributed by atoms with Crippen LogP contribution in [0.25, 0.3) is 119 Å². The van der Waals surface area contributed by atoms with Crippen LogP contribution in [0.3, 0.4) is 0 Å². The molecule has 0 aliphatic rings. The summed E-state index contributed by atoms with van der Waals surface area (Å²) in [5, 5.41) is 5.58. The van der Waals surface area contributed by atoms with Gasteiger partial charge >= 0.3 is 0 Å². The molecule has 0 spiro atoms. The number of furan rings is 1. The van der Waals surface area contributed by atoms with Gasteiger partial charge in [0.15, 0.2) is 23.3 Å². The Morgan fingerprint density at radius 2 is 1.00 bits per heavy atom. The maximum absolute atomic E-state index is 6.33. The highest BCUT2D eigenvalue weighted by Crippen LogP contribution is 2.44. The fourth-order valence-electron chi connectivity index (χ4n) is 7.87. The summed E-state index contributed by atoms with van der Waals surface area (Å²) in [5.41, 5.74) is 8.38. The topological polar surface area (TPSA) is 77.6 Å². The van der Waals surface area contributed by atoms with Crippen molar-refractivity contribution < 1.29 is 4.42 Å². The van der Waals surface area contributed by atoms with Crippen LogP contribution in [0.1, 0.15) is 0 Å². The van der Waals surface area contributed by atoms with Gasteiger partial charge in [0.1, 0.15) is 11.2 Å². The Hall–Kier alpha value is -7.13. The first kappa shape index (κ1) is 32.1. The van der Waals surface area contributed by atoms with E-state index in [1.165, 1.54) is 4.70 Å². The summed E-state index contributed by atoms with van der Waals surface area (Å²) in [6.45, 7) is 0. The van der Waals surface area contributed by atoms with E-state index in [9.17, 15) is 0 Å². The van der Waals surface area contributed by atoms with E-state index < -0.39 is 0 Å². The van der Waals surface area contributed by atoms with E-state index in [2.05, 4.69) is 84.9 Å². The second-order valence-corrected chi connectivity index (χ2v) is 16.1. The number of para-hydroxylation sites is 1. The molecule has 57 heavy (non-hydrogen) atoms. The van der Waals surface area contributed by atoms with Crippen LogP contribution in [0.2, 0.25) is 0 Å². The van der Waals surface area contributed by atoms with Crippen molar-refractivity contribution in [1.29, 1.82) is 0 Å². The van der Waals surface area contributed by atoms with Gasteiger partial charge in [-0.25, -0.2) is 24.9 Å². The Labute approximate surface area is 333 Å². The molecule has 7 aromatic carbocycles. The van der Waals surface area contributed by atoms with Crippen LogP contribution < -0.4 is 0 Å². The molecule has 8 heteroatoms. The van der Waals surface area contributed by atoms with Gasteiger partial charge in [-0.1, -0.05) is 127 Å². The minimum Gasteiger partial charge on any atom is -0.456 e. The van der Waals surface area contributed by atoms with E-state index in [-0.39, 0.29) is 0 Å². The summed E-state index contributed by atoms with van der Waals surface area (Å²) in [4.78, 5) is 25.7. The average Bonchev–Trinajstić information content (AvgIpc) is 3.97. The van der Waals surface area contributed by atoms with Crippen molar-refractivity contribution in [2.24, 2.45) is 0 Å². The quantitative estimate of drug-likeness (QED) is 0.174. The number of hydrogen-bond acceptors (Lipinski definition) is 8. The maximum Gasteiger partial charge on any atom is 0.164 e. The molecule has 0 bridgehead atoms. The highest BCUT2D eigenvalue weighted by molar-refractivity contribution is 7.26. The van der Waals surface area contributed by atoms with Crippen molar-refractivity contribution in [3.63, 3.8) is 0 Å². The van der Waals surface area contributed by atoms with E-state index >= 15 is 0 Å². The number of benzene rings is 7. The van der Waals surface area contributed by atoms with Gasteiger partial charge in [-0.2, -0.15) is 0 Å². The summed E-state index contributed by atoms with van der Waals surface area (Å²) >= 11 is 3.49. The fraction of sp³-hybridized carbons (Fsp3) is 0. The van der Waals surface area contributed by atoms with Crippen LogP contribution in [0, 0.1) is 0 Å². The zero-order chi connectivity index (χ0) is 37.5. The summed E-state index contributed by atoms with van der Waals surface area (Å²) in [7, 11) is 0. The van der Waals surface area contributed by atoms with E-state index in [4.69, 9.17) is 29.3 Å². The van der Waals surface area contributed by atoms with Crippen LogP contribution >= 0.6 is 22.7 Å². The van der Waals surface area contributed by atoms with Gasteiger partial charge in [0, 0.05) is 68.8 Å². The van der Waals surface area contributed by atoms with Crippen molar-refractivity contribution >= 4 is 85.1 Å². The lowest BCUT2D eigenvalue weighted by molar-refractivity contribution is 0.669. The molecule has 12 aromatic rings. The van der Waals surface area contributed by atoms with Crippen LogP contribution in [-0.2, 0) is 0 Å². The van der Waals surface area contributed by atoms with Gasteiger partial charge in [-0.15, -0.1) is 22.7 Å². The number of aromatic nitrogens is 5. The predicted octanol–water partition coefficient (Wildman–Crippen LogP) is 13.6. The normalized spacial score (nSPS) is 11.9. The summed E-state index contributed by atoms with van der Waals surface area (Å²) in [5.74, 6) is 2.60. The zero-order valence-corrected chi connectivity index (χ0v) is 31.7. The molecule has 0 aliphatic heterocycles. The monoisotopic (exact) mass is 765 g/mol. The highest BCUT2D eigenvalue weighted by atomic mass is 32.1. The van der Waals surface area contributed by atoms with Crippen molar-refractivity contribution in [3.05, 3.63) is 164 Å². The average molecular weight is 766 g/mol. The molecule has 0 N–H and O–H groups in total. The first-order valence-electron chi connectivity index (χ1n) is 18.7. The summed E-state index contributed by atoms with van der Waals surface area (Å²) < 4.78 is 10.9. The molecule has 5 aromatic heterocycles. The van der Waals surface area contributed by atoms with Crippen LogP contribution in [0.15, 0.2) is 168 Å². The molecule has 6 nitrogen and oxygen atoms in total. The van der Waals surface area contributed by atoms with Gasteiger partial charge in [-0.05, 0) is 36.4 Å². The highest BCUT2D eigenvalue weighted by Gasteiger charge is 2.20. The van der Waals surface area contributed by atoms with Crippen molar-refractivity contribution in [3.8, 4) is 56.8 Å². The Kier molecular flexibility index (Phi) is 7.17. The van der Waals surface area contributed by atoms with Gasteiger partial charge in [0.2, 0.25) is 0 Å². The van der Waals surface area contributed by atoms with Crippen LogP contribution in [0.4, 0.5) is 0 Å². The van der Waals surface area contributed by atoms with Crippen molar-refractivity contribution in [2.75, 3.05) is 0 Å². The first-order valence-corrected chi connectivity index (χ1v) is 20.3. The largest absolute Gasteiger partial charge is 0.456 e. The third kappa shape index (κ3) is 5.26. The lowest BCUT2D eigenvalue weighted by atomic mass is 10.0. The molecular formula is C49H27N5OS2. The van der Waals surface area contributed by atoms with Gasteiger partial charge < -0.3 is 4.42 Å².